The first-order valence-electron chi connectivity index (χ1n) is 7.15. The van der Waals surface area contributed by atoms with Gasteiger partial charge in [0.25, 0.3) is 0 Å². The maximum atomic E-state index is 13.0. The summed E-state index contributed by atoms with van der Waals surface area (Å²) in [6.07, 6.45) is 2.29. The van der Waals surface area contributed by atoms with E-state index in [4.69, 9.17) is 0 Å². The molecule has 0 unspecified atom stereocenters. The topological polar surface area (TPSA) is 49.4 Å². The monoisotopic (exact) mass is 324 g/mol. The number of benzene rings is 1. The number of nitrogens with zero attached hydrogens (tertiary/aromatic N) is 1. The summed E-state index contributed by atoms with van der Waals surface area (Å²) >= 11 is 1.56. The van der Waals surface area contributed by atoms with Crippen molar-refractivity contribution in [3.8, 4) is 0 Å². The Labute approximate surface area is 129 Å². The third-order valence-corrected chi connectivity index (χ3v) is 7.09. The molecule has 1 aliphatic rings. The van der Waals surface area contributed by atoms with E-state index >= 15 is 0 Å². The van der Waals surface area contributed by atoms with Gasteiger partial charge in [-0.25, -0.2) is 12.7 Å². The zero-order chi connectivity index (χ0) is 15.0. The molecule has 0 aliphatic heterocycles. The van der Waals surface area contributed by atoms with Crippen molar-refractivity contribution in [1.82, 2.24) is 9.62 Å². The lowest BCUT2D eigenvalue weighted by Gasteiger charge is -2.17. The number of nitrogens with one attached hydrogen (secondary N) is 1. The Kier molecular flexibility index (Phi) is 4.05. The fraction of sp³-hybridized carbons (Fsp3) is 0.467. The van der Waals surface area contributed by atoms with Crippen LogP contribution in [0.4, 0.5) is 0 Å². The molecule has 0 saturated heterocycles. The quantitative estimate of drug-likeness (QED) is 0.889. The maximum absolute atomic E-state index is 13.0. The van der Waals surface area contributed by atoms with E-state index in [9.17, 15) is 8.42 Å². The predicted molar refractivity (Wildman–Crippen MR) is 87.1 cm³/mol. The van der Waals surface area contributed by atoms with E-state index < -0.39 is 10.0 Å². The summed E-state index contributed by atoms with van der Waals surface area (Å²) in [4.78, 5) is 1.38. The second kappa shape index (κ2) is 5.68. The molecular formula is C15H20N2O2S2. The zero-order valence-electron chi connectivity index (χ0n) is 12.3. The molecule has 1 aromatic heterocycles. The standard InChI is InChI=1S/C15H20N2O2S2/c1-16-9-14-15(12-5-3-4-6-13(12)20-14)21(18,19)17(2)10-11-7-8-11/h3-6,11,16H,7-10H2,1-2H3. The maximum Gasteiger partial charge on any atom is 0.244 e. The van der Waals surface area contributed by atoms with E-state index in [1.807, 2.05) is 31.3 Å². The fourth-order valence-corrected chi connectivity index (χ4v) is 5.70. The van der Waals surface area contributed by atoms with Crippen LogP contribution in [0.15, 0.2) is 29.2 Å². The van der Waals surface area contributed by atoms with Crippen molar-refractivity contribution < 1.29 is 8.42 Å². The largest absolute Gasteiger partial charge is 0.315 e. The van der Waals surface area contributed by atoms with Crippen molar-refractivity contribution in [2.24, 2.45) is 5.92 Å². The third kappa shape index (κ3) is 2.85. The number of thiophene rings is 1. The van der Waals surface area contributed by atoms with Crippen LogP contribution in [0.2, 0.25) is 0 Å². The van der Waals surface area contributed by atoms with E-state index in [-0.39, 0.29) is 0 Å². The van der Waals surface area contributed by atoms with Crippen molar-refractivity contribution in [2.45, 2.75) is 24.3 Å². The van der Waals surface area contributed by atoms with Crippen molar-refractivity contribution in [2.75, 3.05) is 20.6 Å². The Morgan fingerprint density at radius 3 is 2.71 bits per heavy atom. The zero-order valence-corrected chi connectivity index (χ0v) is 13.9. The van der Waals surface area contributed by atoms with Gasteiger partial charge in [-0.05, 0) is 31.9 Å². The molecule has 0 bridgehead atoms. The van der Waals surface area contributed by atoms with Crippen LogP contribution in [-0.4, -0.2) is 33.4 Å². The van der Waals surface area contributed by atoms with E-state index in [2.05, 4.69) is 5.32 Å². The summed E-state index contributed by atoms with van der Waals surface area (Å²) in [5.74, 6) is 0.544. The lowest BCUT2D eigenvalue weighted by molar-refractivity contribution is 0.453. The summed E-state index contributed by atoms with van der Waals surface area (Å²) in [6.45, 7) is 1.21. The molecule has 1 aromatic carbocycles. The molecule has 0 amide bonds. The van der Waals surface area contributed by atoms with Gasteiger partial charge in [0.2, 0.25) is 10.0 Å². The van der Waals surface area contributed by atoms with Gasteiger partial charge in [0.1, 0.15) is 4.90 Å². The molecular weight excluding hydrogens is 304 g/mol. The van der Waals surface area contributed by atoms with Crippen molar-refractivity contribution in [1.29, 1.82) is 0 Å². The lowest BCUT2D eigenvalue weighted by Crippen LogP contribution is -2.29. The van der Waals surface area contributed by atoms with Gasteiger partial charge in [-0.2, -0.15) is 0 Å². The van der Waals surface area contributed by atoms with E-state index in [1.165, 1.54) is 4.31 Å². The van der Waals surface area contributed by atoms with E-state index in [1.54, 1.807) is 18.4 Å². The molecule has 1 N–H and O–H groups in total. The first kappa shape index (κ1) is 15.0. The number of hydrogen-bond acceptors (Lipinski definition) is 4. The van der Waals surface area contributed by atoms with Crippen LogP contribution in [0, 0.1) is 5.92 Å². The first-order valence-corrected chi connectivity index (χ1v) is 9.41. The Balaban J connectivity index is 2.09. The molecule has 21 heavy (non-hydrogen) atoms. The first-order chi connectivity index (χ1) is 10.0. The molecule has 114 valence electrons. The van der Waals surface area contributed by atoms with Gasteiger partial charge in [0.05, 0.1) is 0 Å². The Bertz CT molecular complexity index is 748. The highest BCUT2D eigenvalue weighted by Crippen LogP contribution is 2.37. The van der Waals surface area contributed by atoms with Gasteiger partial charge < -0.3 is 5.32 Å². The SMILES string of the molecule is CNCc1sc2ccccc2c1S(=O)(=O)N(C)CC1CC1. The molecule has 1 saturated carbocycles. The van der Waals surface area contributed by atoms with Gasteiger partial charge >= 0.3 is 0 Å². The Morgan fingerprint density at radius 1 is 1.33 bits per heavy atom. The molecule has 0 radical (unpaired) electrons. The van der Waals surface area contributed by atoms with Crippen molar-refractivity contribution in [3.63, 3.8) is 0 Å². The van der Waals surface area contributed by atoms with E-state index in [0.717, 1.165) is 27.8 Å². The molecule has 3 rings (SSSR count). The molecule has 1 aliphatic carbocycles. The predicted octanol–water partition coefficient (Wildman–Crippen LogP) is 2.65. The molecule has 0 spiro atoms. The minimum Gasteiger partial charge on any atom is -0.315 e. The minimum atomic E-state index is -3.43. The molecule has 1 heterocycles. The van der Waals surface area contributed by atoms with Crippen molar-refractivity contribution in [3.05, 3.63) is 29.1 Å². The number of fused-ring (bicyclic) bond motifs is 1. The Morgan fingerprint density at radius 2 is 2.05 bits per heavy atom. The second-order valence-electron chi connectivity index (χ2n) is 5.61. The Hall–Kier alpha value is -0.950. The van der Waals surface area contributed by atoms with Gasteiger partial charge in [-0.3, -0.25) is 0 Å². The average molecular weight is 324 g/mol. The minimum absolute atomic E-state index is 0.487. The number of sulfonamides is 1. The van der Waals surface area contributed by atoms with Crippen LogP contribution in [0.3, 0.4) is 0 Å². The van der Waals surface area contributed by atoms with Gasteiger partial charge in [0, 0.05) is 35.1 Å². The van der Waals surface area contributed by atoms with Gasteiger partial charge in [-0.1, -0.05) is 18.2 Å². The van der Waals surface area contributed by atoms with Crippen LogP contribution in [0.1, 0.15) is 17.7 Å². The van der Waals surface area contributed by atoms with Crippen LogP contribution in [0.5, 0.6) is 0 Å². The summed E-state index contributed by atoms with van der Waals surface area (Å²) in [5, 5.41) is 3.92. The normalized spacial score (nSPS) is 16.0. The molecule has 6 heteroatoms. The summed E-state index contributed by atoms with van der Waals surface area (Å²) < 4.78 is 28.5. The van der Waals surface area contributed by atoms with Crippen LogP contribution in [0.25, 0.3) is 10.1 Å². The van der Waals surface area contributed by atoms with Gasteiger partial charge in [0.15, 0.2) is 0 Å². The highest BCUT2D eigenvalue weighted by molar-refractivity contribution is 7.89. The second-order valence-corrected chi connectivity index (χ2v) is 8.73. The number of hydrogen-bond donors (Lipinski definition) is 1. The fourth-order valence-electron chi connectivity index (χ4n) is 2.55. The summed E-state index contributed by atoms with van der Waals surface area (Å²) in [5.41, 5.74) is 0. The molecule has 2 aromatic rings. The van der Waals surface area contributed by atoms with E-state index in [0.29, 0.717) is 23.9 Å². The highest BCUT2D eigenvalue weighted by atomic mass is 32.2. The molecule has 1 fully saturated rings. The van der Waals surface area contributed by atoms with Crippen LogP contribution < -0.4 is 5.32 Å². The third-order valence-electron chi connectivity index (χ3n) is 3.84. The van der Waals surface area contributed by atoms with Crippen molar-refractivity contribution >= 4 is 31.4 Å². The lowest BCUT2D eigenvalue weighted by atomic mass is 10.2. The van der Waals surface area contributed by atoms with Crippen LogP contribution in [-0.2, 0) is 16.6 Å². The smallest absolute Gasteiger partial charge is 0.244 e. The number of rotatable bonds is 6. The summed E-state index contributed by atoms with van der Waals surface area (Å²) in [7, 11) is 0.113. The van der Waals surface area contributed by atoms with Gasteiger partial charge in [-0.15, -0.1) is 11.3 Å². The molecule has 0 atom stereocenters. The average Bonchev–Trinajstić information content (AvgIpc) is 3.17. The molecule has 4 nitrogen and oxygen atoms in total. The highest BCUT2D eigenvalue weighted by Gasteiger charge is 2.32. The summed E-state index contributed by atoms with van der Waals surface area (Å²) in [6, 6.07) is 7.74. The van der Waals surface area contributed by atoms with Crippen LogP contribution >= 0.6 is 11.3 Å².